The second kappa shape index (κ2) is 4.19. The zero-order valence-corrected chi connectivity index (χ0v) is 8.99. The van der Waals surface area contributed by atoms with E-state index < -0.39 is 0 Å². The molecule has 2 rings (SSSR count). The molecule has 82 valence electrons. The average molecular weight is 208 g/mol. The van der Waals surface area contributed by atoms with Crippen molar-refractivity contribution >= 4 is 5.69 Å². The van der Waals surface area contributed by atoms with Crippen LogP contribution in [0.25, 0.3) is 0 Å². The summed E-state index contributed by atoms with van der Waals surface area (Å²) < 4.78 is 13.0. The van der Waals surface area contributed by atoms with Crippen LogP contribution in [0.1, 0.15) is 19.3 Å². The van der Waals surface area contributed by atoms with Crippen LogP contribution in [0.2, 0.25) is 0 Å². The molecule has 1 saturated carbocycles. The summed E-state index contributed by atoms with van der Waals surface area (Å²) >= 11 is 0. The van der Waals surface area contributed by atoms with Crippen LogP contribution < -0.4 is 10.6 Å². The molecule has 2 N–H and O–H groups in total. The molecule has 0 aliphatic heterocycles. The lowest BCUT2D eigenvalue weighted by molar-refractivity contribution is 0.615. The maximum atomic E-state index is 13.0. The summed E-state index contributed by atoms with van der Waals surface area (Å²) in [7, 11) is 2.01. The molecule has 0 heterocycles. The highest BCUT2D eigenvalue weighted by Gasteiger charge is 2.25. The fraction of sp³-hybridized carbons (Fsp3) is 0.500. The van der Waals surface area contributed by atoms with E-state index in [1.165, 1.54) is 6.07 Å². The topological polar surface area (TPSA) is 29.3 Å². The Bertz CT molecular complexity index is 340. The third-order valence-electron chi connectivity index (χ3n) is 3.21. The van der Waals surface area contributed by atoms with Crippen LogP contribution in [0.4, 0.5) is 10.1 Å². The first kappa shape index (κ1) is 10.4. The molecule has 1 aliphatic rings. The van der Waals surface area contributed by atoms with Gasteiger partial charge in [-0.25, -0.2) is 4.39 Å². The van der Waals surface area contributed by atoms with Crippen LogP contribution in [0.15, 0.2) is 24.3 Å². The van der Waals surface area contributed by atoms with E-state index >= 15 is 0 Å². The normalized spacial score (nSPS) is 25.5. The molecule has 0 spiro atoms. The first-order valence-electron chi connectivity index (χ1n) is 5.41. The van der Waals surface area contributed by atoms with E-state index in [9.17, 15) is 4.39 Å². The molecule has 15 heavy (non-hydrogen) atoms. The Morgan fingerprint density at radius 2 is 2.20 bits per heavy atom. The summed E-state index contributed by atoms with van der Waals surface area (Å²) in [4.78, 5) is 2.13. The lowest BCUT2D eigenvalue weighted by atomic mass is 10.2. The summed E-state index contributed by atoms with van der Waals surface area (Å²) in [5.74, 6) is -0.179. The van der Waals surface area contributed by atoms with Gasteiger partial charge in [0.25, 0.3) is 0 Å². The van der Waals surface area contributed by atoms with E-state index in [1.54, 1.807) is 12.1 Å². The van der Waals surface area contributed by atoms with Crippen molar-refractivity contribution in [1.82, 2.24) is 0 Å². The smallest absolute Gasteiger partial charge is 0.125 e. The molecule has 0 aromatic heterocycles. The SMILES string of the molecule is CN(c1cccc(F)c1)C1CCC(N)C1. The van der Waals surface area contributed by atoms with Gasteiger partial charge in [-0.1, -0.05) is 6.07 Å². The fourth-order valence-corrected chi connectivity index (χ4v) is 2.25. The highest BCUT2D eigenvalue weighted by atomic mass is 19.1. The van der Waals surface area contributed by atoms with Crippen molar-refractivity contribution in [2.75, 3.05) is 11.9 Å². The zero-order chi connectivity index (χ0) is 10.8. The van der Waals surface area contributed by atoms with Gasteiger partial charge in [-0.3, -0.25) is 0 Å². The number of benzene rings is 1. The summed E-state index contributed by atoms with van der Waals surface area (Å²) in [6, 6.07) is 7.50. The van der Waals surface area contributed by atoms with E-state index in [0.29, 0.717) is 12.1 Å². The molecule has 0 bridgehead atoms. The van der Waals surface area contributed by atoms with Crippen molar-refractivity contribution in [3.8, 4) is 0 Å². The maximum absolute atomic E-state index is 13.0. The Labute approximate surface area is 89.9 Å². The molecule has 1 aliphatic carbocycles. The van der Waals surface area contributed by atoms with Gasteiger partial charge in [-0.2, -0.15) is 0 Å². The van der Waals surface area contributed by atoms with E-state index in [-0.39, 0.29) is 5.82 Å². The van der Waals surface area contributed by atoms with Crippen LogP contribution >= 0.6 is 0 Å². The molecule has 0 radical (unpaired) electrons. The van der Waals surface area contributed by atoms with Gasteiger partial charge in [0.1, 0.15) is 5.82 Å². The summed E-state index contributed by atoms with van der Waals surface area (Å²) in [5, 5.41) is 0. The average Bonchev–Trinajstić information content (AvgIpc) is 2.64. The Balaban J connectivity index is 2.10. The van der Waals surface area contributed by atoms with E-state index in [2.05, 4.69) is 4.90 Å². The molecule has 1 fully saturated rings. The first-order chi connectivity index (χ1) is 7.16. The quantitative estimate of drug-likeness (QED) is 0.806. The predicted molar refractivity (Wildman–Crippen MR) is 60.4 cm³/mol. The van der Waals surface area contributed by atoms with Crippen LogP contribution in [-0.4, -0.2) is 19.1 Å². The number of rotatable bonds is 2. The third kappa shape index (κ3) is 2.29. The van der Waals surface area contributed by atoms with Crippen molar-refractivity contribution < 1.29 is 4.39 Å². The minimum Gasteiger partial charge on any atom is -0.371 e. The van der Waals surface area contributed by atoms with Gasteiger partial charge in [0.2, 0.25) is 0 Å². The monoisotopic (exact) mass is 208 g/mol. The third-order valence-corrected chi connectivity index (χ3v) is 3.21. The standard InChI is InChI=1S/C12H17FN2/c1-15(12-6-5-10(14)8-12)11-4-2-3-9(13)7-11/h2-4,7,10,12H,5-6,8,14H2,1H3. The lowest BCUT2D eigenvalue weighted by Gasteiger charge is -2.26. The van der Waals surface area contributed by atoms with Gasteiger partial charge >= 0.3 is 0 Å². The van der Waals surface area contributed by atoms with Crippen LogP contribution in [0.5, 0.6) is 0 Å². The van der Waals surface area contributed by atoms with Crippen molar-refractivity contribution in [2.24, 2.45) is 5.73 Å². The summed E-state index contributed by atoms with van der Waals surface area (Å²) in [6.45, 7) is 0. The van der Waals surface area contributed by atoms with Gasteiger partial charge in [0, 0.05) is 24.8 Å². The molecule has 3 heteroatoms. The lowest BCUT2D eigenvalue weighted by Crippen LogP contribution is -2.30. The molecule has 0 saturated heterocycles. The Kier molecular flexibility index (Phi) is 2.91. The zero-order valence-electron chi connectivity index (χ0n) is 8.99. The Morgan fingerprint density at radius 1 is 1.40 bits per heavy atom. The van der Waals surface area contributed by atoms with E-state index in [4.69, 9.17) is 5.73 Å². The Morgan fingerprint density at radius 3 is 2.80 bits per heavy atom. The number of hydrogen-bond donors (Lipinski definition) is 1. The van der Waals surface area contributed by atoms with Gasteiger partial charge in [0.05, 0.1) is 0 Å². The highest BCUT2D eigenvalue weighted by molar-refractivity contribution is 5.46. The van der Waals surface area contributed by atoms with Crippen molar-refractivity contribution in [3.63, 3.8) is 0 Å². The second-order valence-corrected chi connectivity index (χ2v) is 4.32. The predicted octanol–water partition coefficient (Wildman–Crippen LogP) is 2.14. The minimum atomic E-state index is -0.179. The van der Waals surface area contributed by atoms with Gasteiger partial charge < -0.3 is 10.6 Å². The van der Waals surface area contributed by atoms with Gasteiger partial charge in [0.15, 0.2) is 0 Å². The number of hydrogen-bond acceptors (Lipinski definition) is 2. The fourth-order valence-electron chi connectivity index (χ4n) is 2.25. The molecular weight excluding hydrogens is 191 g/mol. The largest absolute Gasteiger partial charge is 0.371 e. The molecule has 2 unspecified atom stereocenters. The molecule has 1 aromatic carbocycles. The molecule has 1 aromatic rings. The van der Waals surface area contributed by atoms with Crippen molar-refractivity contribution in [1.29, 1.82) is 0 Å². The Hall–Kier alpha value is -1.09. The number of nitrogens with zero attached hydrogens (tertiary/aromatic N) is 1. The number of nitrogens with two attached hydrogens (primary N) is 1. The van der Waals surface area contributed by atoms with Crippen LogP contribution in [0, 0.1) is 5.82 Å². The van der Waals surface area contributed by atoms with Crippen LogP contribution in [-0.2, 0) is 0 Å². The van der Waals surface area contributed by atoms with Crippen molar-refractivity contribution in [2.45, 2.75) is 31.3 Å². The highest BCUT2D eigenvalue weighted by Crippen LogP contribution is 2.26. The molecular formula is C12H17FN2. The van der Waals surface area contributed by atoms with E-state index in [0.717, 1.165) is 24.9 Å². The summed E-state index contributed by atoms with van der Waals surface area (Å²) in [5.41, 5.74) is 6.81. The van der Waals surface area contributed by atoms with E-state index in [1.807, 2.05) is 13.1 Å². The number of anilines is 1. The first-order valence-corrected chi connectivity index (χ1v) is 5.41. The second-order valence-electron chi connectivity index (χ2n) is 4.32. The molecule has 2 atom stereocenters. The van der Waals surface area contributed by atoms with Crippen molar-refractivity contribution in [3.05, 3.63) is 30.1 Å². The molecule has 2 nitrogen and oxygen atoms in total. The van der Waals surface area contributed by atoms with Gasteiger partial charge in [-0.15, -0.1) is 0 Å². The molecule has 0 amide bonds. The van der Waals surface area contributed by atoms with Gasteiger partial charge in [-0.05, 0) is 37.5 Å². The van der Waals surface area contributed by atoms with Crippen LogP contribution in [0.3, 0.4) is 0 Å². The maximum Gasteiger partial charge on any atom is 0.125 e. The minimum absolute atomic E-state index is 0.179. The number of halogens is 1. The summed E-state index contributed by atoms with van der Waals surface area (Å²) in [6.07, 6.45) is 3.19.